The minimum atomic E-state index is -0.162. The number of phenols is 1. The van der Waals surface area contributed by atoms with E-state index >= 15 is 0 Å². The van der Waals surface area contributed by atoms with E-state index in [1.165, 1.54) is 26.4 Å². The molecule has 130 valence electrons. The Morgan fingerprint density at radius 1 is 1.09 bits per heavy atom. The van der Waals surface area contributed by atoms with Crippen molar-refractivity contribution < 1.29 is 19.4 Å². The lowest BCUT2D eigenvalue weighted by Crippen LogP contribution is -2.01. The molecule has 0 aliphatic rings. The summed E-state index contributed by atoms with van der Waals surface area (Å²) >= 11 is 0. The third-order valence-electron chi connectivity index (χ3n) is 3.88. The fourth-order valence-electron chi connectivity index (χ4n) is 2.43. The summed E-state index contributed by atoms with van der Waals surface area (Å²) in [4.78, 5) is 11.0. The minimum absolute atomic E-state index is 0.162. The summed E-state index contributed by atoms with van der Waals surface area (Å²) in [6.07, 6.45) is 8.80. The van der Waals surface area contributed by atoms with Crippen LogP contribution in [0.25, 0.3) is 0 Å². The molecular formula is C19H30O4. The molecule has 23 heavy (non-hydrogen) atoms. The second kappa shape index (κ2) is 11.8. The highest BCUT2D eigenvalue weighted by Crippen LogP contribution is 2.25. The van der Waals surface area contributed by atoms with Crippen molar-refractivity contribution in [2.75, 3.05) is 13.7 Å². The van der Waals surface area contributed by atoms with Crippen LogP contribution >= 0.6 is 0 Å². The van der Waals surface area contributed by atoms with E-state index in [-0.39, 0.29) is 5.97 Å². The number of methoxy groups -OCH3 is 1. The van der Waals surface area contributed by atoms with Gasteiger partial charge in [0.2, 0.25) is 0 Å². The SMILES string of the molecule is CCCCCCc1ccc(OCCCCCC(=O)OC)cc1O. The summed E-state index contributed by atoms with van der Waals surface area (Å²) in [5.74, 6) is 0.864. The minimum Gasteiger partial charge on any atom is -0.508 e. The van der Waals surface area contributed by atoms with Crippen LogP contribution in [0.1, 0.15) is 63.9 Å². The van der Waals surface area contributed by atoms with E-state index in [1.54, 1.807) is 6.07 Å². The molecule has 1 aromatic rings. The molecule has 4 heteroatoms. The number of carbonyl (C=O) groups excluding carboxylic acids is 1. The Bertz CT molecular complexity index is 457. The summed E-state index contributed by atoms with van der Waals surface area (Å²) in [5, 5.41) is 10.0. The topological polar surface area (TPSA) is 55.8 Å². The van der Waals surface area contributed by atoms with Gasteiger partial charge in [-0.2, -0.15) is 0 Å². The highest BCUT2D eigenvalue weighted by molar-refractivity contribution is 5.68. The highest BCUT2D eigenvalue weighted by Gasteiger charge is 2.04. The molecule has 0 spiro atoms. The predicted molar refractivity (Wildman–Crippen MR) is 91.9 cm³/mol. The number of aromatic hydroxyl groups is 1. The maximum Gasteiger partial charge on any atom is 0.305 e. The van der Waals surface area contributed by atoms with Crippen LogP contribution in [0.5, 0.6) is 11.5 Å². The van der Waals surface area contributed by atoms with E-state index in [9.17, 15) is 9.90 Å². The smallest absolute Gasteiger partial charge is 0.305 e. The van der Waals surface area contributed by atoms with Crippen molar-refractivity contribution in [3.63, 3.8) is 0 Å². The Morgan fingerprint density at radius 2 is 1.87 bits per heavy atom. The number of benzene rings is 1. The first kappa shape index (κ1) is 19.3. The lowest BCUT2D eigenvalue weighted by atomic mass is 10.1. The number of unbranched alkanes of at least 4 members (excludes halogenated alkanes) is 5. The number of aryl methyl sites for hydroxylation is 1. The van der Waals surface area contributed by atoms with Crippen molar-refractivity contribution >= 4 is 5.97 Å². The Kier molecular flexibility index (Phi) is 9.92. The average molecular weight is 322 g/mol. The summed E-state index contributed by atoms with van der Waals surface area (Å²) in [6.45, 7) is 2.79. The van der Waals surface area contributed by atoms with Crippen LogP contribution in [-0.4, -0.2) is 24.8 Å². The molecule has 0 aromatic heterocycles. The lowest BCUT2D eigenvalue weighted by Gasteiger charge is -2.09. The third-order valence-corrected chi connectivity index (χ3v) is 3.88. The molecule has 0 atom stereocenters. The van der Waals surface area contributed by atoms with Gasteiger partial charge in [-0.25, -0.2) is 0 Å². The van der Waals surface area contributed by atoms with Crippen LogP contribution in [0, 0.1) is 0 Å². The van der Waals surface area contributed by atoms with E-state index in [0.717, 1.165) is 37.7 Å². The molecule has 0 bridgehead atoms. The summed E-state index contributed by atoms with van der Waals surface area (Å²) in [6, 6.07) is 5.57. The zero-order valence-electron chi connectivity index (χ0n) is 14.5. The molecule has 0 saturated heterocycles. The summed E-state index contributed by atoms with van der Waals surface area (Å²) < 4.78 is 10.2. The Morgan fingerprint density at radius 3 is 2.57 bits per heavy atom. The molecule has 1 aromatic carbocycles. The van der Waals surface area contributed by atoms with Gasteiger partial charge in [0.1, 0.15) is 11.5 Å². The lowest BCUT2D eigenvalue weighted by molar-refractivity contribution is -0.140. The molecule has 0 aliphatic carbocycles. The van der Waals surface area contributed by atoms with Gasteiger partial charge in [0.15, 0.2) is 0 Å². The van der Waals surface area contributed by atoms with E-state index in [0.29, 0.717) is 24.5 Å². The standard InChI is InChI=1S/C19H30O4/c1-3-4-5-7-10-16-12-13-17(15-18(16)20)23-14-9-6-8-11-19(21)22-2/h12-13,15,20H,3-11,14H2,1-2H3. The maximum absolute atomic E-state index is 11.0. The van der Waals surface area contributed by atoms with Crippen LogP contribution in [0.15, 0.2) is 18.2 Å². The number of hydrogen-bond acceptors (Lipinski definition) is 4. The van der Waals surface area contributed by atoms with Gasteiger partial charge in [-0.15, -0.1) is 0 Å². The van der Waals surface area contributed by atoms with Crippen molar-refractivity contribution in [2.24, 2.45) is 0 Å². The number of phenolic OH excluding ortho intramolecular Hbond substituents is 1. The van der Waals surface area contributed by atoms with Crippen molar-refractivity contribution in [1.82, 2.24) is 0 Å². The Labute approximate surface area is 139 Å². The molecule has 0 unspecified atom stereocenters. The molecule has 0 radical (unpaired) electrons. The molecule has 0 aliphatic heterocycles. The first-order valence-electron chi connectivity index (χ1n) is 8.69. The molecular weight excluding hydrogens is 292 g/mol. The zero-order chi connectivity index (χ0) is 16.9. The first-order valence-corrected chi connectivity index (χ1v) is 8.69. The van der Waals surface area contributed by atoms with Crippen LogP contribution in [0.3, 0.4) is 0 Å². The number of esters is 1. The molecule has 1 rings (SSSR count). The van der Waals surface area contributed by atoms with Gasteiger partial charge in [-0.05, 0) is 43.7 Å². The van der Waals surface area contributed by atoms with Gasteiger partial charge < -0.3 is 14.6 Å². The second-order valence-corrected chi connectivity index (χ2v) is 5.84. The van der Waals surface area contributed by atoms with Crippen molar-refractivity contribution in [2.45, 2.75) is 64.7 Å². The summed E-state index contributed by atoms with van der Waals surface area (Å²) in [7, 11) is 1.41. The first-order chi connectivity index (χ1) is 11.2. The molecule has 0 amide bonds. The second-order valence-electron chi connectivity index (χ2n) is 5.84. The highest BCUT2D eigenvalue weighted by atomic mass is 16.5. The Hall–Kier alpha value is -1.71. The van der Waals surface area contributed by atoms with Gasteiger partial charge in [-0.3, -0.25) is 4.79 Å². The van der Waals surface area contributed by atoms with Crippen LogP contribution in [0.2, 0.25) is 0 Å². The van der Waals surface area contributed by atoms with Crippen molar-refractivity contribution in [1.29, 1.82) is 0 Å². The Balaban J connectivity index is 2.22. The van der Waals surface area contributed by atoms with Gasteiger partial charge >= 0.3 is 5.97 Å². The van der Waals surface area contributed by atoms with Gasteiger partial charge in [-0.1, -0.05) is 32.3 Å². The monoisotopic (exact) mass is 322 g/mol. The number of carbonyl (C=O) groups is 1. The molecule has 0 fully saturated rings. The largest absolute Gasteiger partial charge is 0.508 e. The summed E-state index contributed by atoms with van der Waals surface area (Å²) in [5.41, 5.74) is 0.992. The van der Waals surface area contributed by atoms with E-state index in [1.807, 2.05) is 12.1 Å². The zero-order valence-corrected chi connectivity index (χ0v) is 14.5. The van der Waals surface area contributed by atoms with Gasteiger partial charge in [0.25, 0.3) is 0 Å². The van der Waals surface area contributed by atoms with Gasteiger partial charge in [0, 0.05) is 12.5 Å². The van der Waals surface area contributed by atoms with Crippen molar-refractivity contribution in [3.05, 3.63) is 23.8 Å². The average Bonchev–Trinajstić information content (AvgIpc) is 2.56. The fourth-order valence-corrected chi connectivity index (χ4v) is 2.43. The maximum atomic E-state index is 11.0. The fraction of sp³-hybridized carbons (Fsp3) is 0.632. The van der Waals surface area contributed by atoms with Crippen LogP contribution in [0.4, 0.5) is 0 Å². The van der Waals surface area contributed by atoms with Crippen LogP contribution < -0.4 is 4.74 Å². The molecule has 4 nitrogen and oxygen atoms in total. The molecule has 0 heterocycles. The van der Waals surface area contributed by atoms with Crippen molar-refractivity contribution in [3.8, 4) is 11.5 Å². The van der Waals surface area contributed by atoms with Gasteiger partial charge in [0.05, 0.1) is 13.7 Å². The van der Waals surface area contributed by atoms with E-state index < -0.39 is 0 Å². The quantitative estimate of drug-likeness (QED) is 0.450. The van der Waals surface area contributed by atoms with E-state index in [2.05, 4.69) is 11.7 Å². The normalized spacial score (nSPS) is 10.5. The van der Waals surface area contributed by atoms with E-state index in [4.69, 9.17) is 4.74 Å². The molecule has 1 N–H and O–H groups in total. The third kappa shape index (κ3) is 8.48. The number of ether oxygens (including phenoxy) is 2. The van der Waals surface area contributed by atoms with Crippen LogP contribution in [-0.2, 0) is 16.0 Å². The number of rotatable bonds is 12. The molecule has 0 saturated carbocycles. The number of hydrogen-bond donors (Lipinski definition) is 1. The predicted octanol–water partition coefficient (Wildman–Crippen LogP) is 4.63.